The predicted octanol–water partition coefficient (Wildman–Crippen LogP) is 14.1. The van der Waals surface area contributed by atoms with Crippen LogP contribution in [0.1, 0.15) is 25.0 Å². The Kier molecular flexibility index (Phi) is 6.56. The molecule has 262 valence electrons. The summed E-state index contributed by atoms with van der Waals surface area (Å²) >= 11 is 1.80. The zero-order valence-corrected chi connectivity index (χ0v) is 31.7. The third-order valence-electron chi connectivity index (χ3n) is 12.1. The molecule has 12 rings (SSSR count). The first-order valence-corrected chi connectivity index (χ1v) is 20.0. The minimum absolute atomic E-state index is 0.235. The minimum Gasteiger partial charge on any atom is -0.208 e. The van der Waals surface area contributed by atoms with Crippen LogP contribution in [0, 0.1) is 0 Å². The highest BCUT2D eigenvalue weighted by Gasteiger charge is 2.36. The van der Waals surface area contributed by atoms with Gasteiger partial charge in [0.15, 0.2) is 17.5 Å². The largest absolute Gasteiger partial charge is 0.208 e. The van der Waals surface area contributed by atoms with Crippen LogP contribution in [0.3, 0.4) is 0 Å². The van der Waals surface area contributed by atoms with Gasteiger partial charge in [-0.25, -0.2) is 15.0 Å². The Morgan fingerprint density at radius 3 is 1.79 bits per heavy atom. The summed E-state index contributed by atoms with van der Waals surface area (Å²) < 4.78 is 2.45. The molecule has 0 atom stereocenters. The van der Waals surface area contributed by atoms with Crippen molar-refractivity contribution in [1.82, 2.24) is 15.0 Å². The Hall–Kier alpha value is -6.75. The second-order valence-corrected chi connectivity index (χ2v) is 16.6. The van der Waals surface area contributed by atoms with Crippen LogP contribution < -0.4 is 0 Å². The van der Waals surface area contributed by atoms with Crippen molar-refractivity contribution in [3.8, 4) is 56.4 Å². The van der Waals surface area contributed by atoms with Crippen molar-refractivity contribution in [3.05, 3.63) is 175 Å². The van der Waals surface area contributed by atoms with Gasteiger partial charge in [-0.1, -0.05) is 153 Å². The second-order valence-electron chi connectivity index (χ2n) is 15.6. The fraction of sp³-hybridized carbons (Fsp3) is 0.0577. The Morgan fingerprint density at radius 2 is 0.982 bits per heavy atom. The van der Waals surface area contributed by atoms with Crippen LogP contribution in [0.4, 0.5) is 0 Å². The van der Waals surface area contributed by atoms with E-state index in [2.05, 4.69) is 159 Å². The first-order chi connectivity index (χ1) is 27.5. The second kappa shape index (κ2) is 11.6. The van der Waals surface area contributed by atoms with Crippen LogP contribution in [-0.2, 0) is 5.41 Å². The van der Waals surface area contributed by atoms with Crippen LogP contribution in [0.15, 0.2) is 164 Å². The molecular formula is C52H33N3S. The van der Waals surface area contributed by atoms with Gasteiger partial charge in [0.2, 0.25) is 0 Å². The number of aromatic nitrogens is 3. The molecular weight excluding hydrogens is 699 g/mol. The maximum atomic E-state index is 5.24. The Labute approximate surface area is 327 Å². The zero-order chi connectivity index (χ0) is 37.1. The van der Waals surface area contributed by atoms with E-state index in [1.54, 1.807) is 11.3 Å². The van der Waals surface area contributed by atoms with Crippen LogP contribution in [0.5, 0.6) is 0 Å². The van der Waals surface area contributed by atoms with E-state index in [9.17, 15) is 0 Å². The zero-order valence-electron chi connectivity index (χ0n) is 30.8. The summed E-state index contributed by atoms with van der Waals surface area (Å²) in [5.74, 6) is 2.03. The Bertz CT molecular complexity index is 3380. The third kappa shape index (κ3) is 4.54. The fourth-order valence-electron chi connectivity index (χ4n) is 9.30. The van der Waals surface area contributed by atoms with Gasteiger partial charge in [0, 0.05) is 42.3 Å². The number of fused-ring (bicyclic) bond motifs is 6. The number of rotatable bonds is 4. The third-order valence-corrected chi connectivity index (χ3v) is 13.3. The Morgan fingerprint density at radius 1 is 0.393 bits per heavy atom. The van der Waals surface area contributed by atoms with Crippen LogP contribution in [0.2, 0.25) is 0 Å². The first kappa shape index (κ1) is 31.6. The molecule has 0 aliphatic heterocycles. The number of thiophene rings is 1. The highest BCUT2D eigenvalue weighted by Crippen LogP contribution is 2.51. The lowest BCUT2D eigenvalue weighted by molar-refractivity contribution is 0.661. The quantitative estimate of drug-likeness (QED) is 0.169. The lowest BCUT2D eigenvalue weighted by Crippen LogP contribution is -2.15. The summed E-state index contributed by atoms with van der Waals surface area (Å²) in [5.41, 5.74) is 10.4. The predicted molar refractivity (Wildman–Crippen MR) is 236 cm³/mol. The fourth-order valence-corrected chi connectivity index (χ4v) is 10.5. The molecule has 2 heterocycles. The number of benzene rings is 9. The molecule has 0 spiro atoms. The molecule has 4 heteroatoms. The maximum Gasteiger partial charge on any atom is 0.165 e. The first-order valence-electron chi connectivity index (χ1n) is 19.2. The van der Waals surface area contributed by atoms with E-state index in [0.717, 1.165) is 16.7 Å². The summed E-state index contributed by atoms with van der Waals surface area (Å²) in [6.45, 7) is 4.71. The van der Waals surface area contributed by atoms with Crippen molar-refractivity contribution in [2.45, 2.75) is 19.3 Å². The molecule has 0 saturated carbocycles. The topological polar surface area (TPSA) is 38.7 Å². The Balaban J connectivity index is 0.993. The van der Waals surface area contributed by atoms with Crippen molar-refractivity contribution < 1.29 is 0 Å². The van der Waals surface area contributed by atoms with E-state index in [1.165, 1.54) is 85.9 Å². The van der Waals surface area contributed by atoms with E-state index in [1.807, 2.05) is 18.2 Å². The molecule has 0 radical (unpaired) electrons. The van der Waals surface area contributed by atoms with Gasteiger partial charge in [-0.15, -0.1) is 11.3 Å². The summed E-state index contributed by atoms with van der Waals surface area (Å²) in [5, 5.41) is 10.3. The van der Waals surface area contributed by atoms with E-state index in [4.69, 9.17) is 15.0 Å². The lowest BCUT2D eigenvalue weighted by Gasteiger charge is -2.23. The molecule has 0 fully saturated rings. The maximum absolute atomic E-state index is 5.24. The molecule has 0 amide bonds. The molecule has 0 saturated heterocycles. The number of nitrogens with zero attached hydrogens (tertiary/aromatic N) is 3. The van der Waals surface area contributed by atoms with Gasteiger partial charge < -0.3 is 0 Å². The van der Waals surface area contributed by atoms with Gasteiger partial charge in [-0.3, -0.25) is 0 Å². The molecule has 56 heavy (non-hydrogen) atoms. The van der Waals surface area contributed by atoms with Gasteiger partial charge in [-0.2, -0.15) is 0 Å². The monoisotopic (exact) mass is 731 g/mol. The van der Waals surface area contributed by atoms with Crippen molar-refractivity contribution in [2.75, 3.05) is 0 Å². The molecule has 1 aliphatic carbocycles. The minimum atomic E-state index is -0.235. The van der Waals surface area contributed by atoms with Gasteiger partial charge in [0.1, 0.15) is 0 Å². The summed E-state index contributed by atoms with van der Waals surface area (Å²) in [7, 11) is 0. The van der Waals surface area contributed by atoms with Gasteiger partial charge in [0.05, 0.1) is 0 Å². The van der Waals surface area contributed by atoms with Crippen LogP contribution in [-0.4, -0.2) is 15.0 Å². The van der Waals surface area contributed by atoms with Crippen molar-refractivity contribution in [2.24, 2.45) is 0 Å². The highest BCUT2D eigenvalue weighted by atomic mass is 32.1. The lowest BCUT2D eigenvalue weighted by atomic mass is 9.80. The van der Waals surface area contributed by atoms with Crippen molar-refractivity contribution >= 4 is 63.8 Å². The van der Waals surface area contributed by atoms with E-state index < -0.39 is 0 Å². The molecule has 0 N–H and O–H groups in total. The van der Waals surface area contributed by atoms with Gasteiger partial charge >= 0.3 is 0 Å². The standard InChI is InChI=1S/C52H33N3S/c1-52(2)43-28-34(36-24-20-32-19-18-30-12-8-13-31-21-27-40(36)47(32)46(30)31)22-25-37(43)38-26-23-35(29-44(38)52)50-53-49(33-10-4-3-5-11-33)54-51(55-50)42-16-9-15-41-39-14-6-7-17-45(39)56-48(41)42/h3-29H,1-2H3. The molecule has 2 aromatic heterocycles. The molecule has 0 unspecified atom stereocenters. The highest BCUT2D eigenvalue weighted by molar-refractivity contribution is 7.26. The molecule has 0 bridgehead atoms. The average molecular weight is 732 g/mol. The van der Waals surface area contributed by atoms with E-state index in [0.29, 0.717) is 17.5 Å². The molecule has 9 aromatic carbocycles. The van der Waals surface area contributed by atoms with Gasteiger partial charge in [0.25, 0.3) is 0 Å². The molecule has 1 aliphatic rings. The van der Waals surface area contributed by atoms with Crippen molar-refractivity contribution in [3.63, 3.8) is 0 Å². The van der Waals surface area contributed by atoms with Crippen molar-refractivity contribution in [1.29, 1.82) is 0 Å². The molecule has 11 aromatic rings. The average Bonchev–Trinajstić information content (AvgIpc) is 3.74. The summed E-state index contributed by atoms with van der Waals surface area (Å²) in [4.78, 5) is 15.5. The summed E-state index contributed by atoms with van der Waals surface area (Å²) in [6.07, 6.45) is 0. The summed E-state index contributed by atoms with van der Waals surface area (Å²) in [6, 6.07) is 59.5. The molecule has 3 nitrogen and oxygen atoms in total. The smallest absolute Gasteiger partial charge is 0.165 e. The van der Waals surface area contributed by atoms with Gasteiger partial charge in [-0.05, 0) is 90.0 Å². The van der Waals surface area contributed by atoms with Crippen LogP contribution >= 0.6 is 11.3 Å². The van der Waals surface area contributed by atoms with E-state index >= 15 is 0 Å². The SMILES string of the molecule is CC1(C)c2cc(-c3nc(-c4ccccc4)nc(-c4cccc5c4sc4ccccc45)n3)ccc2-c2ccc(-c3ccc4ccc5cccc6ccc3c4c56)cc21. The van der Waals surface area contributed by atoms with Crippen LogP contribution in [0.25, 0.3) is 109 Å². The van der Waals surface area contributed by atoms with E-state index in [-0.39, 0.29) is 5.41 Å². The normalized spacial score (nSPS) is 13.3. The number of hydrogen-bond acceptors (Lipinski definition) is 4. The number of hydrogen-bond donors (Lipinski definition) is 0.